The Morgan fingerprint density at radius 1 is 1.45 bits per heavy atom. The lowest BCUT2D eigenvalue weighted by Crippen LogP contribution is -2.40. The molecular weight excluding hydrogens is 256 g/mol. The van der Waals surface area contributed by atoms with Gasteiger partial charge in [0, 0.05) is 12.6 Å². The first-order valence-corrected chi connectivity index (χ1v) is 7.11. The minimum atomic E-state index is -0.745. The second-order valence-electron chi connectivity index (χ2n) is 6.04. The molecule has 0 aromatic heterocycles. The van der Waals surface area contributed by atoms with Crippen LogP contribution >= 0.6 is 0 Å². The van der Waals surface area contributed by atoms with Crippen molar-refractivity contribution in [3.05, 3.63) is 33.9 Å². The molecule has 1 aromatic carbocycles. The first-order chi connectivity index (χ1) is 9.39. The summed E-state index contributed by atoms with van der Waals surface area (Å²) in [4.78, 5) is 10.7. The maximum absolute atomic E-state index is 11.1. The highest BCUT2D eigenvalue weighted by atomic mass is 16.6. The van der Waals surface area contributed by atoms with Crippen LogP contribution in [0.3, 0.4) is 0 Å². The van der Waals surface area contributed by atoms with Gasteiger partial charge in [-0.15, -0.1) is 0 Å². The van der Waals surface area contributed by atoms with E-state index in [4.69, 9.17) is 0 Å². The largest absolute Gasteiger partial charge is 0.388 e. The van der Waals surface area contributed by atoms with Crippen LogP contribution in [0.5, 0.6) is 0 Å². The Morgan fingerprint density at radius 2 is 2.10 bits per heavy atom. The summed E-state index contributed by atoms with van der Waals surface area (Å²) in [5.41, 5.74) is 0.656. The summed E-state index contributed by atoms with van der Waals surface area (Å²) in [7, 11) is 0. The average Bonchev–Trinajstić information content (AvgIpc) is 2.41. The minimum absolute atomic E-state index is 0.0674. The molecule has 0 aliphatic heterocycles. The molecule has 1 fully saturated rings. The molecule has 2 N–H and O–H groups in total. The van der Waals surface area contributed by atoms with Gasteiger partial charge in [-0.3, -0.25) is 10.1 Å². The van der Waals surface area contributed by atoms with E-state index in [-0.39, 0.29) is 10.6 Å². The molecule has 0 amide bonds. The topological polar surface area (TPSA) is 75.4 Å². The molecule has 2 rings (SSSR count). The second kappa shape index (κ2) is 5.79. The van der Waals surface area contributed by atoms with Crippen LogP contribution in [0, 0.1) is 23.0 Å². The van der Waals surface area contributed by atoms with Crippen LogP contribution in [-0.2, 0) is 0 Å². The lowest BCUT2D eigenvalue weighted by atomic mass is 9.79. The summed E-state index contributed by atoms with van der Waals surface area (Å²) < 4.78 is 0. The Labute approximate surface area is 119 Å². The summed E-state index contributed by atoms with van der Waals surface area (Å²) in [6.45, 7) is 4.38. The van der Waals surface area contributed by atoms with E-state index in [1.807, 2.05) is 13.0 Å². The number of aliphatic hydroxyl groups is 1. The highest BCUT2D eigenvalue weighted by molar-refractivity contribution is 5.62. The molecule has 0 atom stereocenters. The number of hydrogen-bond acceptors (Lipinski definition) is 4. The molecule has 5 heteroatoms. The minimum Gasteiger partial charge on any atom is -0.388 e. The molecule has 1 aromatic rings. The summed E-state index contributed by atoms with van der Waals surface area (Å²) in [5.74, 6) is 0.656. The van der Waals surface area contributed by atoms with Crippen LogP contribution < -0.4 is 5.32 Å². The van der Waals surface area contributed by atoms with Crippen molar-refractivity contribution in [3.63, 3.8) is 0 Å². The fraction of sp³-hybridized carbons (Fsp3) is 0.600. The van der Waals surface area contributed by atoms with Gasteiger partial charge in [0.25, 0.3) is 5.69 Å². The maximum atomic E-state index is 11.1. The first-order valence-electron chi connectivity index (χ1n) is 7.11. The monoisotopic (exact) mass is 278 g/mol. The van der Waals surface area contributed by atoms with E-state index >= 15 is 0 Å². The van der Waals surface area contributed by atoms with E-state index < -0.39 is 5.60 Å². The lowest BCUT2D eigenvalue weighted by molar-refractivity contribution is -0.384. The predicted octanol–water partition coefficient (Wildman–Crippen LogP) is 3.26. The molecule has 110 valence electrons. The third-order valence-corrected chi connectivity index (χ3v) is 4.16. The SMILES string of the molecule is Cc1ccc(NCC2(O)CCC(C)CC2)c([N+](=O)[O-])c1. The third-order valence-electron chi connectivity index (χ3n) is 4.16. The molecule has 1 saturated carbocycles. The number of nitro benzene ring substituents is 1. The van der Waals surface area contributed by atoms with Gasteiger partial charge in [0.05, 0.1) is 10.5 Å². The second-order valence-corrected chi connectivity index (χ2v) is 6.04. The quantitative estimate of drug-likeness (QED) is 0.654. The van der Waals surface area contributed by atoms with Crippen LogP contribution in [0.1, 0.15) is 38.2 Å². The molecule has 0 bridgehead atoms. The van der Waals surface area contributed by atoms with Gasteiger partial charge < -0.3 is 10.4 Å². The van der Waals surface area contributed by atoms with Gasteiger partial charge in [0.2, 0.25) is 0 Å². The molecule has 1 aliphatic rings. The fourth-order valence-corrected chi connectivity index (χ4v) is 2.68. The smallest absolute Gasteiger partial charge is 0.292 e. The average molecular weight is 278 g/mol. The zero-order chi connectivity index (χ0) is 14.8. The van der Waals surface area contributed by atoms with E-state index in [1.165, 1.54) is 0 Å². The molecule has 5 nitrogen and oxygen atoms in total. The van der Waals surface area contributed by atoms with Gasteiger partial charge in [-0.2, -0.15) is 0 Å². The number of nitrogens with zero attached hydrogens (tertiary/aromatic N) is 1. The molecule has 0 unspecified atom stereocenters. The number of hydrogen-bond donors (Lipinski definition) is 2. The molecule has 0 spiro atoms. The number of anilines is 1. The summed E-state index contributed by atoms with van der Waals surface area (Å²) >= 11 is 0. The van der Waals surface area contributed by atoms with E-state index in [2.05, 4.69) is 12.2 Å². The Kier molecular flexibility index (Phi) is 4.28. The Bertz CT molecular complexity index is 494. The van der Waals surface area contributed by atoms with Crippen molar-refractivity contribution in [2.75, 3.05) is 11.9 Å². The first kappa shape index (κ1) is 14.8. The van der Waals surface area contributed by atoms with Gasteiger partial charge in [0.1, 0.15) is 5.69 Å². The standard InChI is InChI=1S/C15H22N2O3/c1-11-5-7-15(18,8-6-11)10-16-13-4-3-12(2)9-14(13)17(19)20/h3-4,9,11,16,18H,5-8,10H2,1-2H3. The molecule has 0 saturated heterocycles. The van der Waals surface area contributed by atoms with Gasteiger partial charge in [-0.25, -0.2) is 0 Å². The van der Waals surface area contributed by atoms with Crippen LogP contribution in [0.25, 0.3) is 0 Å². The van der Waals surface area contributed by atoms with Gasteiger partial charge in [-0.05, 0) is 50.2 Å². The van der Waals surface area contributed by atoms with Crippen LogP contribution in [0.15, 0.2) is 18.2 Å². The third kappa shape index (κ3) is 3.48. The number of aryl methyl sites for hydroxylation is 1. The van der Waals surface area contributed by atoms with Gasteiger partial charge >= 0.3 is 0 Å². The Hall–Kier alpha value is -1.62. The van der Waals surface area contributed by atoms with Crippen LogP contribution in [0.2, 0.25) is 0 Å². The van der Waals surface area contributed by atoms with Crippen molar-refractivity contribution in [2.24, 2.45) is 5.92 Å². The van der Waals surface area contributed by atoms with Crippen molar-refractivity contribution < 1.29 is 10.0 Å². The molecule has 0 heterocycles. The van der Waals surface area contributed by atoms with Crippen molar-refractivity contribution in [1.82, 2.24) is 0 Å². The molecule has 0 radical (unpaired) electrons. The zero-order valence-corrected chi connectivity index (χ0v) is 12.1. The molecule has 1 aliphatic carbocycles. The Morgan fingerprint density at radius 3 is 2.70 bits per heavy atom. The van der Waals surface area contributed by atoms with E-state index in [1.54, 1.807) is 12.1 Å². The fourth-order valence-electron chi connectivity index (χ4n) is 2.68. The summed E-state index contributed by atoms with van der Waals surface area (Å²) in [6, 6.07) is 5.10. The predicted molar refractivity (Wildman–Crippen MR) is 78.9 cm³/mol. The number of rotatable bonds is 4. The van der Waals surface area contributed by atoms with Crippen molar-refractivity contribution >= 4 is 11.4 Å². The van der Waals surface area contributed by atoms with Gasteiger partial charge in [0.15, 0.2) is 0 Å². The number of nitro groups is 1. The van der Waals surface area contributed by atoms with Crippen molar-refractivity contribution in [1.29, 1.82) is 0 Å². The molecule has 20 heavy (non-hydrogen) atoms. The van der Waals surface area contributed by atoms with E-state index in [0.29, 0.717) is 18.2 Å². The van der Waals surface area contributed by atoms with Crippen LogP contribution in [-0.4, -0.2) is 22.2 Å². The number of benzene rings is 1. The van der Waals surface area contributed by atoms with Crippen molar-refractivity contribution in [2.45, 2.75) is 45.1 Å². The van der Waals surface area contributed by atoms with Gasteiger partial charge in [-0.1, -0.05) is 13.0 Å². The highest BCUT2D eigenvalue weighted by Crippen LogP contribution is 2.33. The summed E-state index contributed by atoms with van der Waals surface area (Å²) in [5, 5.41) is 24.6. The summed E-state index contributed by atoms with van der Waals surface area (Å²) in [6.07, 6.45) is 3.52. The maximum Gasteiger partial charge on any atom is 0.292 e. The number of nitrogens with one attached hydrogen (secondary N) is 1. The Balaban J connectivity index is 2.05. The van der Waals surface area contributed by atoms with E-state index in [9.17, 15) is 15.2 Å². The zero-order valence-electron chi connectivity index (χ0n) is 12.1. The van der Waals surface area contributed by atoms with E-state index in [0.717, 1.165) is 31.2 Å². The normalized spacial score (nSPS) is 26.2. The molecular formula is C15H22N2O3. The van der Waals surface area contributed by atoms with Crippen LogP contribution in [0.4, 0.5) is 11.4 Å². The highest BCUT2D eigenvalue weighted by Gasteiger charge is 2.32. The lowest BCUT2D eigenvalue weighted by Gasteiger charge is -2.35. The van der Waals surface area contributed by atoms with Crippen molar-refractivity contribution in [3.8, 4) is 0 Å².